The number of likely N-dealkylation sites (N-methyl/N-ethyl adjacent to an activating group) is 1. The van der Waals surface area contributed by atoms with Crippen LogP contribution in [0.1, 0.15) is 59.8 Å². The molecule has 1 rings (SSSR count). The van der Waals surface area contributed by atoms with Crippen molar-refractivity contribution in [2.75, 3.05) is 13.6 Å². The molecule has 16 heavy (non-hydrogen) atoms. The third-order valence-electron chi connectivity index (χ3n) is 4.45. The molecular weight excluding hydrogens is 196 g/mol. The highest BCUT2D eigenvalue weighted by Crippen LogP contribution is 2.29. The van der Waals surface area contributed by atoms with Gasteiger partial charge in [0, 0.05) is 17.6 Å². The van der Waals surface area contributed by atoms with Gasteiger partial charge in [-0.1, -0.05) is 20.3 Å². The average Bonchev–Trinajstić information content (AvgIpc) is 2.73. The summed E-state index contributed by atoms with van der Waals surface area (Å²) in [6.07, 6.45) is 6.57. The highest BCUT2D eigenvalue weighted by atomic mass is 15.2. The van der Waals surface area contributed by atoms with Crippen molar-refractivity contribution < 1.29 is 0 Å². The molecule has 1 N–H and O–H groups in total. The van der Waals surface area contributed by atoms with Crippen molar-refractivity contribution in [1.29, 1.82) is 0 Å². The van der Waals surface area contributed by atoms with Gasteiger partial charge in [0.2, 0.25) is 0 Å². The Bertz CT molecular complexity index is 201. The zero-order valence-electron chi connectivity index (χ0n) is 11.8. The fourth-order valence-electron chi connectivity index (χ4n) is 2.67. The Morgan fingerprint density at radius 2 is 1.94 bits per heavy atom. The van der Waals surface area contributed by atoms with Gasteiger partial charge in [0.1, 0.15) is 0 Å². The van der Waals surface area contributed by atoms with Crippen LogP contribution in [0.3, 0.4) is 0 Å². The summed E-state index contributed by atoms with van der Waals surface area (Å²) < 4.78 is 0. The molecule has 2 unspecified atom stereocenters. The van der Waals surface area contributed by atoms with Crippen molar-refractivity contribution in [1.82, 2.24) is 10.2 Å². The highest BCUT2D eigenvalue weighted by molar-refractivity contribution is 4.94. The van der Waals surface area contributed by atoms with E-state index in [1.54, 1.807) is 0 Å². The Morgan fingerprint density at radius 3 is 2.50 bits per heavy atom. The molecule has 2 heteroatoms. The molecule has 1 aliphatic carbocycles. The second-order valence-electron chi connectivity index (χ2n) is 5.84. The zero-order valence-corrected chi connectivity index (χ0v) is 11.8. The van der Waals surface area contributed by atoms with E-state index in [2.05, 4.69) is 45.0 Å². The van der Waals surface area contributed by atoms with Gasteiger partial charge >= 0.3 is 0 Å². The van der Waals surface area contributed by atoms with E-state index in [1.165, 1.54) is 38.6 Å². The molecule has 1 saturated carbocycles. The van der Waals surface area contributed by atoms with Crippen LogP contribution in [0.4, 0.5) is 0 Å². The summed E-state index contributed by atoms with van der Waals surface area (Å²) in [6.45, 7) is 10.4. The maximum absolute atomic E-state index is 3.72. The first kappa shape index (κ1) is 14.0. The molecule has 1 aliphatic rings. The summed E-state index contributed by atoms with van der Waals surface area (Å²) in [5.41, 5.74) is 0.334. The van der Waals surface area contributed by atoms with Crippen LogP contribution >= 0.6 is 0 Å². The molecule has 0 aromatic carbocycles. The predicted octanol–water partition coefficient (Wildman–Crippen LogP) is 3.03. The number of nitrogens with one attached hydrogen (secondary N) is 1. The van der Waals surface area contributed by atoms with Gasteiger partial charge in [-0.2, -0.15) is 0 Å². The average molecular weight is 226 g/mol. The third kappa shape index (κ3) is 3.21. The molecule has 0 aromatic heterocycles. The lowest BCUT2D eigenvalue weighted by Crippen LogP contribution is -2.53. The first-order valence-electron chi connectivity index (χ1n) is 6.99. The van der Waals surface area contributed by atoms with E-state index >= 15 is 0 Å². The minimum absolute atomic E-state index is 0.334. The van der Waals surface area contributed by atoms with E-state index in [-0.39, 0.29) is 0 Å². The Labute approximate surface area is 102 Å². The summed E-state index contributed by atoms with van der Waals surface area (Å²) in [5.74, 6) is 0. The quantitative estimate of drug-likeness (QED) is 0.749. The summed E-state index contributed by atoms with van der Waals surface area (Å²) in [6, 6.07) is 1.46. The van der Waals surface area contributed by atoms with E-state index in [1.807, 2.05) is 0 Å². The van der Waals surface area contributed by atoms with E-state index in [0.717, 1.165) is 12.1 Å². The minimum Gasteiger partial charge on any atom is -0.312 e. The monoisotopic (exact) mass is 226 g/mol. The van der Waals surface area contributed by atoms with Gasteiger partial charge in [-0.15, -0.1) is 0 Å². The van der Waals surface area contributed by atoms with Crippen molar-refractivity contribution >= 4 is 0 Å². The molecule has 0 heterocycles. The Balaban J connectivity index is 2.56. The fraction of sp³-hybridized carbons (Fsp3) is 1.00. The summed E-state index contributed by atoms with van der Waals surface area (Å²) in [5, 5.41) is 3.72. The molecule has 0 radical (unpaired) electrons. The molecule has 0 bridgehead atoms. The third-order valence-corrected chi connectivity index (χ3v) is 4.45. The van der Waals surface area contributed by atoms with Crippen LogP contribution in [0.15, 0.2) is 0 Å². The van der Waals surface area contributed by atoms with Gasteiger partial charge in [0.05, 0.1) is 0 Å². The van der Waals surface area contributed by atoms with Gasteiger partial charge in [0.25, 0.3) is 0 Å². The van der Waals surface area contributed by atoms with E-state index in [9.17, 15) is 0 Å². The fourth-order valence-corrected chi connectivity index (χ4v) is 2.67. The molecule has 0 saturated heterocycles. The minimum atomic E-state index is 0.334. The molecular formula is C14H30N2. The van der Waals surface area contributed by atoms with Crippen molar-refractivity contribution in [2.24, 2.45) is 0 Å². The Hall–Kier alpha value is -0.0800. The topological polar surface area (TPSA) is 15.3 Å². The molecule has 1 fully saturated rings. The number of hydrogen-bond acceptors (Lipinski definition) is 2. The van der Waals surface area contributed by atoms with Crippen LogP contribution in [-0.2, 0) is 0 Å². The van der Waals surface area contributed by atoms with Crippen molar-refractivity contribution in [3.63, 3.8) is 0 Å². The van der Waals surface area contributed by atoms with Crippen LogP contribution in [0.5, 0.6) is 0 Å². The molecule has 0 spiro atoms. The maximum atomic E-state index is 3.72. The van der Waals surface area contributed by atoms with Crippen LogP contribution in [0.2, 0.25) is 0 Å². The highest BCUT2D eigenvalue weighted by Gasteiger charge is 2.35. The largest absolute Gasteiger partial charge is 0.312 e. The summed E-state index contributed by atoms with van der Waals surface area (Å²) in [4.78, 5) is 2.60. The predicted molar refractivity (Wildman–Crippen MR) is 71.9 cm³/mol. The van der Waals surface area contributed by atoms with Crippen LogP contribution in [0, 0.1) is 0 Å². The number of hydrogen-bond donors (Lipinski definition) is 1. The molecule has 96 valence electrons. The molecule has 2 atom stereocenters. The number of nitrogens with zero attached hydrogens (tertiary/aromatic N) is 1. The Kier molecular flexibility index (Phi) is 5.26. The second-order valence-corrected chi connectivity index (χ2v) is 5.84. The van der Waals surface area contributed by atoms with Crippen LogP contribution in [-0.4, -0.2) is 36.1 Å². The summed E-state index contributed by atoms with van der Waals surface area (Å²) in [7, 11) is 2.31. The lowest BCUT2D eigenvalue weighted by molar-refractivity contribution is 0.0848. The Morgan fingerprint density at radius 1 is 1.25 bits per heavy atom. The SMILES string of the molecule is CCCNC1CCCC1N(C)C(C)(C)CC. The maximum Gasteiger partial charge on any atom is 0.0251 e. The van der Waals surface area contributed by atoms with Crippen molar-refractivity contribution in [2.45, 2.75) is 77.4 Å². The smallest absolute Gasteiger partial charge is 0.0251 e. The van der Waals surface area contributed by atoms with E-state index < -0.39 is 0 Å². The number of rotatable bonds is 6. The van der Waals surface area contributed by atoms with Gasteiger partial charge < -0.3 is 5.32 Å². The van der Waals surface area contributed by atoms with Gasteiger partial charge in [0.15, 0.2) is 0 Å². The van der Waals surface area contributed by atoms with Gasteiger partial charge in [-0.25, -0.2) is 0 Å². The molecule has 0 amide bonds. The van der Waals surface area contributed by atoms with Crippen molar-refractivity contribution in [3.8, 4) is 0 Å². The van der Waals surface area contributed by atoms with Gasteiger partial charge in [-0.3, -0.25) is 4.90 Å². The molecule has 0 aliphatic heterocycles. The zero-order chi connectivity index (χ0) is 12.2. The van der Waals surface area contributed by atoms with Gasteiger partial charge in [-0.05, 0) is 53.1 Å². The van der Waals surface area contributed by atoms with Crippen molar-refractivity contribution in [3.05, 3.63) is 0 Å². The molecule has 0 aromatic rings. The lowest BCUT2D eigenvalue weighted by Gasteiger charge is -2.42. The molecule has 2 nitrogen and oxygen atoms in total. The standard InChI is InChI=1S/C14H30N2/c1-6-11-15-12-9-8-10-13(12)16(5)14(3,4)7-2/h12-13,15H,6-11H2,1-5H3. The first-order chi connectivity index (χ1) is 7.53. The summed E-state index contributed by atoms with van der Waals surface area (Å²) >= 11 is 0. The first-order valence-corrected chi connectivity index (χ1v) is 6.99. The van der Waals surface area contributed by atoms with E-state index in [4.69, 9.17) is 0 Å². The van der Waals surface area contributed by atoms with E-state index in [0.29, 0.717) is 5.54 Å². The lowest BCUT2D eigenvalue weighted by atomic mass is 9.96. The second kappa shape index (κ2) is 6.02. The van der Waals surface area contributed by atoms with Crippen LogP contribution in [0.25, 0.3) is 0 Å². The normalized spacial score (nSPS) is 26.6. The van der Waals surface area contributed by atoms with Crippen LogP contribution < -0.4 is 5.32 Å².